The van der Waals surface area contributed by atoms with Crippen molar-refractivity contribution in [3.05, 3.63) is 0 Å². The van der Waals surface area contributed by atoms with E-state index in [0.717, 1.165) is 0 Å². The molecule has 106 valence electrons. The summed E-state index contributed by atoms with van der Waals surface area (Å²) in [7, 11) is 1.69. The summed E-state index contributed by atoms with van der Waals surface area (Å²) < 4.78 is 0. The molecule has 1 aliphatic rings. The fourth-order valence-corrected chi connectivity index (χ4v) is 2.82. The molecular formula is C14H29N3O. The Hall–Kier alpha value is -0.610. The van der Waals surface area contributed by atoms with Crippen LogP contribution in [-0.2, 0) is 4.79 Å². The number of piperidine rings is 1. The van der Waals surface area contributed by atoms with Gasteiger partial charge in [-0.05, 0) is 58.7 Å². The highest BCUT2D eigenvalue weighted by Crippen LogP contribution is 2.20. The molecule has 1 amide bonds. The topological polar surface area (TPSA) is 44.4 Å². The third-order valence-corrected chi connectivity index (χ3v) is 4.03. The van der Waals surface area contributed by atoms with E-state index in [-0.39, 0.29) is 11.9 Å². The molecule has 1 fully saturated rings. The molecule has 0 aromatic carbocycles. The number of likely N-dealkylation sites (N-methyl/N-ethyl adjacent to an activating group) is 1. The molecule has 0 bridgehead atoms. The lowest BCUT2D eigenvalue weighted by Crippen LogP contribution is -2.49. The van der Waals surface area contributed by atoms with Crippen LogP contribution < -0.4 is 10.6 Å². The van der Waals surface area contributed by atoms with Crippen molar-refractivity contribution >= 4 is 5.91 Å². The second-order valence-corrected chi connectivity index (χ2v) is 5.47. The Balaban J connectivity index is 2.31. The normalized spacial score (nSPS) is 21.6. The first-order valence-corrected chi connectivity index (χ1v) is 7.28. The van der Waals surface area contributed by atoms with Crippen LogP contribution in [-0.4, -0.2) is 49.6 Å². The number of hydrogen-bond donors (Lipinski definition) is 2. The summed E-state index contributed by atoms with van der Waals surface area (Å²) in [6.07, 6.45) is 3.73. The van der Waals surface area contributed by atoms with E-state index >= 15 is 0 Å². The molecule has 0 aliphatic carbocycles. The van der Waals surface area contributed by atoms with Crippen LogP contribution in [0.5, 0.6) is 0 Å². The van der Waals surface area contributed by atoms with E-state index in [4.69, 9.17) is 0 Å². The lowest BCUT2D eigenvalue weighted by Gasteiger charge is -2.35. The molecule has 0 spiro atoms. The van der Waals surface area contributed by atoms with Gasteiger partial charge in [0.15, 0.2) is 0 Å². The van der Waals surface area contributed by atoms with Gasteiger partial charge in [0.25, 0.3) is 0 Å². The van der Waals surface area contributed by atoms with Gasteiger partial charge in [0.2, 0.25) is 5.91 Å². The summed E-state index contributed by atoms with van der Waals surface area (Å²) >= 11 is 0. The van der Waals surface area contributed by atoms with E-state index in [1.165, 1.54) is 38.9 Å². The van der Waals surface area contributed by atoms with E-state index in [0.29, 0.717) is 12.0 Å². The van der Waals surface area contributed by atoms with Crippen LogP contribution in [0.4, 0.5) is 0 Å². The van der Waals surface area contributed by atoms with Crippen LogP contribution in [0, 0.1) is 5.92 Å². The average Bonchev–Trinajstić information content (AvgIpc) is 2.38. The van der Waals surface area contributed by atoms with Crippen LogP contribution in [0.3, 0.4) is 0 Å². The van der Waals surface area contributed by atoms with Crippen molar-refractivity contribution < 1.29 is 4.79 Å². The lowest BCUT2D eigenvalue weighted by atomic mass is 9.90. The molecule has 2 unspecified atom stereocenters. The Labute approximate surface area is 111 Å². The van der Waals surface area contributed by atoms with Crippen molar-refractivity contribution in [1.29, 1.82) is 0 Å². The third kappa shape index (κ3) is 4.58. The zero-order valence-corrected chi connectivity index (χ0v) is 12.3. The van der Waals surface area contributed by atoms with Crippen LogP contribution in [0.1, 0.15) is 40.0 Å². The molecule has 4 heteroatoms. The third-order valence-electron chi connectivity index (χ3n) is 4.03. The fraction of sp³-hybridized carbons (Fsp3) is 0.929. The van der Waals surface area contributed by atoms with Gasteiger partial charge in [-0.3, -0.25) is 4.79 Å². The average molecular weight is 255 g/mol. The number of nitrogens with zero attached hydrogens (tertiary/aromatic N) is 1. The van der Waals surface area contributed by atoms with E-state index in [2.05, 4.69) is 29.4 Å². The molecule has 0 radical (unpaired) electrons. The van der Waals surface area contributed by atoms with E-state index in [1.54, 1.807) is 7.05 Å². The standard InChI is InChI=1S/C14H29N3O/c1-5-8-17-9-6-13(7-10-17)11(2)16-12(3)14(18)15-4/h11-13,16H,5-10H2,1-4H3,(H,15,18). The molecule has 2 atom stereocenters. The number of amides is 1. The molecule has 1 aliphatic heterocycles. The molecule has 4 nitrogen and oxygen atoms in total. The van der Waals surface area contributed by atoms with Crippen molar-refractivity contribution in [2.24, 2.45) is 5.92 Å². The molecular weight excluding hydrogens is 226 g/mol. The van der Waals surface area contributed by atoms with Crippen molar-refractivity contribution in [3.8, 4) is 0 Å². The van der Waals surface area contributed by atoms with Crippen LogP contribution in [0.25, 0.3) is 0 Å². The summed E-state index contributed by atoms with van der Waals surface area (Å²) in [6, 6.07) is 0.319. The smallest absolute Gasteiger partial charge is 0.236 e. The van der Waals surface area contributed by atoms with Crippen LogP contribution in [0.15, 0.2) is 0 Å². The molecule has 1 rings (SSSR count). The second kappa shape index (κ2) is 7.74. The molecule has 2 N–H and O–H groups in total. The Morgan fingerprint density at radius 1 is 1.33 bits per heavy atom. The molecule has 0 saturated carbocycles. The molecule has 1 saturated heterocycles. The Morgan fingerprint density at radius 3 is 2.44 bits per heavy atom. The first-order chi connectivity index (χ1) is 8.58. The van der Waals surface area contributed by atoms with Crippen molar-refractivity contribution in [2.75, 3.05) is 26.7 Å². The number of hydrogen-bond acceptors (Lipinski definition) is 3. The van der Waals surface area contributed by atoms with Gasteiger partial charge in [-0.25, -0.2) is 0 Å². The highest BCUT2D eigenvalue weighted by molar-refractivity contribution is 5.80. The van der Waals surface area contributed by atoms with Gasteiger partial charge in [-0.1, -0.05) is 6.92 Å². The number of carbonyl (C=O) groups is 1. The van der Waals surface area contributed by atoms with Crippen molar-refractivity contribution in [3.63, 3.8) is 0 Å². The summed E-state index contributed by atoms with van der Waals surface area (Å²) in [5.74, 6) is 0.774. The number of likely N-dealkylation sites (tertiary alicyclic amines) is 1. The minimum absolute atomic E-state index is 0.0743. The van der Waals surface area contributed by atoms with Gasteiger partial charge in [0.1, 0.15) is 0 Å². The minimum Gasteiger partial charge on any atom is -0.358 e. The van der Waals surface area contributed by atoms with E-state index < -0.39 is 0 Å². The Kier molecular flexibility index (Phi) is 6.65. The van der Waals surface area contributed by atoms with E-state index in [9.17, 15) is 4.79 Å². The number of carbonyl (C=O) groups excluding carboxylic acids is 1. The van der Waals surface area contributed by atoms with Gasteiger partial charge in [-0.15, -0.1) is 0 Å². The highest BCUT2D eigenvalue weighted by atomic mass is 16.2. The molecule has 0 aromatic heterocycles. The largest absolute Gasteiger partial charge is 0.358 e. The highest BCUT2D eigenvalue weighted by Gasteiger charge is 2.25. The van der Waals surface area contributed by atoms with E-state index in [1.807, 2.05) is 6.92 Å². The van der Waals surface area contributed by atoms with Gasteiger partial charge < -0.3 is 15.5 Å². The summed E-state index contributed by atoms with van der Waals surface area (Å²) in [5, 5.41) is 6.10. The Bertz CT molecular complexity index is 249. The van der Waals surface area contributed by atoms with Crippen LogP contribution in [0.2, 0.25) is 0 Å². The number of nitrogens with one attached hydrogen (secondary N) is 2. The predicted molar refractivity (Wildman–Crippen MR) is 75.6 cm³/mol. The SMILES string of the molecule is CCCN1CCC(C(C)NC(C)C(=O)NC)CC1. The quantitative estimate of drug-likeness (QED) is 0.750. The summed E-state index contributed by atoms with van der Waals surface area (Å²) in [4.78, 5) is 14.0. The first kappa shape index (κ1) is 15.4. The predicted octanol–water partition coefficient (Wildman–Crippen LogP) is 1.22. The maximum Gasteiger partial charge on any atom is 0.236 e. The molecule has 1 heterocycles. The zero-order chi connectivity index (χ0) is 13.5. The fourth-order valence-electron chi connectivity index (χ4n) is 2.82. The second-order valence-electron chi connectivity index (χ2n) is 5.47. The summed E-state index contributed by atoms with van der Waals surface area (Å²) in [5.41, 5.74) is 0. The van der Waals surface area contributed by atoms with Crippen LogP contribution >= 0.6 is 0 Å². The van der Waals surface area contributed by atoms with Gasteiger partial charge in [0.05, 0.1) is 6.04 Å². The maximum atomic E-state index is 11.5. The minimum atomic E-state index is -0.0985. The molecule has 0 aromatic rings. The van der Waals surface area contributed by atoms with Crippen molar-refractivity contribution in [1.82, 2.24) is 15.5 Å². The van der Waals surface area contributed by atoms with Gasteiger partial charge >= 0.3 is 0 Å². The number of rotatable bonds is 6. The first-order valence-electron chi connectivity index (χ1n) is 7.28. The Morgan fingerprint density at radius 2 is 1.94 bits per heavy atom. The van der Waals surface area contributed by atoms with Gasteiger partial charge in [0, 0.05) is 13.1 Å². The summed E-state index contributed by atoms with van der Waals surface area (Å²) in [6.45, 7) is 10.0. The lowest BCUT2D eigenvalue weighted by molar-refractivity contribution is -0.122. The molecule has 18 heavy (non-hydrogen) atoms. The zero-order valence-electron chi connectivity index (χ0n) is 12.3. The van der Waals surface area contributed by atoms with Crippen molar-refractivity contribution in [2.45, 2.75) is 52.1 Å². The monoisotopic (exact) mass is 255 g/mol. The van der Waals surface area contributed by atoms with Gasteiger partial charge in [-0.2, -0.15) is 0 Å². The maximum absolute atomic E-state index is 11.5.